The van der Waals surface area contributed by atoms with Crippen molar-refractivity contribution in [3.8, 4) is 0 Å². The molecule has 1 atom stereocenters. The lowest BCUT2D eigenvalue weighted by molar-refractivity contribution is -0.137. The number of halogens is 3. The third kappa shape index (κ3) is 2.88. The van der Waals surface area contributed by atoms with Crippen molar-refractivity contribution in [2.45, 2.75) is 12.2 Å². The summed E-state index contributed by atoms with van der Waals surface area (Å²) in [5, 5.41) is 0. The summed E-state index contributed by atoms with van der Waals surface area (Å²) in [5.41, 5.74) is 4.88. The molecule has 0 aliphatic carbocycles. The minimum Gasteiger partial charge on any atom is -0.318 e. The van der Waals surface area contributed by atoms with Crippen LogP contribution in [0.2, 0.25) is 0 Å². The Morgan fingerprint density at radius 3 is 2.10 bits per heavy atom. The summed E-state index contributed by atoms with van der Waals surface area (Å²) >= 11 is 0. The van der Waals surface area contributed by atoms with Gasteiger partial charge in [-0.25, -0.2) is 0 Å². The molecule has 2 aromatic rings. The van der Waals surface area contributed by atoms with Crippen molar-refractivity contribution in [1.29, 1.82) is 0 Å². The summed E-state index contributed by atoms with van der Waals surface area (Å²) < 4.78 is 38.6. The first-order valence-corrected chi connectivity index (χ1v) is 5.92. The maximum atomic E-state index is 12.9. The molecule has 5 heteroatoms. The van der Waals surface area contributed by atoms with Crippen LogP contribution in [0.25, 0.3) is 0 Å². The van der Waals surface area contributed by atoms with Crippen molar-refractivity contribution in [3.63, 3.8) is 0 Å². The van der Waals surface area contributed by atoms with Crippen LogP contribution in [0.1, 0.15) is 27.5 Å². The van der Waals surface area contributed by atoms with Gasteiger partial charge < -0.3 is 5.73 Å². The Hall–Kier alpha value is -2.14. The summed E-state index contributed by atoms with van der Waals surface area (Å²) in [7, 11) is 0. The zero-order valence-electron chi connectivity index (χ0n) is 10.4. The number of ketones is 1. The van der Waals surface area contributed by atoms with Gasteiger partial charge in [-0.2, -0.15) is 13.2 Å². The topological polar surface area (TPSA) is 43.1 Å². The lowest BCUT2D eigenvalue weighted by atomic mass is 9.94. The summed E-state index contributed by atoms with van der Waals surface area (Å²) in [4.78, 5) is 12.2. The number of rotatable bonds is 3. The van der Waals surface area contributed by atoms with Crippen molar-refractivity contribution in [1.82, 2.24) is 0 Å². The molecule has 0 amide bonds. The van der Waals surface area contributed by atoms with Gasteiger partial charge in [0.25, 0.3) is 0 Å². The number of nitrogens with two attached hydrogens (primary N) is 1. The fraction of sp³-hybridized carbons (Fsp3) is 0.133. The molecule has 1 unspecified atom stereocenters. The van der Waals surface area contributed by atoms with E-state index >= 15 is 0 Å². The molecule has 2 nitrogen and oxygen atoms in total. The highest BCUT2D eigenvalue weighted by atomic mass is 19.4. The maximum Gasteiger partial charge on any atom is 0.417 e. The van der Waals surface area contributed by atoms with E-state index in [9.17, 15) is 18.0 Å². The normalized spacial score (nSPS) is 13.0. The Labute approximate surface area is 114 Å². The van der Waals surface area contributed by atoms with E-state index in [-0.39, 0.29) is 0 Å². The Morgan fingerprint density at radius 2 is 1.50 bits per heavy atom. The highest BCUT2D eigenvalue weighted by Crippen LogP contribution is 2.33. The molecule has 0 heterocycles. The lowest BCUT2D eigenvalue weighted by Crippen LogP contribution is -2.24. The molecule has 2 rings (SSSR count). The largest absolute Gasteiger partial charge is 0.417 e. The van der Waals surface area contributed by atoms with Crippen molar-refractivity contribution in [3.05, 3.63) is 71.3 Å². The number of hydrogen-bond donors (Lipinski definition) is 1. The molecule has 104 valence electrons. The molecule has 0 saturated carbocycles. The fourth-order valence-electron chi connectivity index (χ4n) is 1.92. The van der Waals surface area contributed by atoms with E-state index in [0.29, 0.717) is 5.56 Å². The third-order valence-electron chi connectivity index (χ3n) is 2.94. The van der Waals surface area contributed by atoms with Crippen LogP contribution < -0.4 is 5.73 Å². The molecule has 0 radical (unpaired) electrons. The van der Waals surface area contributed by atoms with Crippen LogP contribution in [0.5, 0.6) is 0 Å². The quantitative estimate of drug-likeness (QED) is 0.872. The molecule has 2 N–H and O–H groups in total. The molecule has 2 aromatic carbocycles. The van der Waals surface area contributed by atoms with Crippen LogP contribution in [0.3, 0.4) is 0 Å². The molecule has 0 fully saturated rings. The highest BCUT2D eigenvalue weighted by molar-refractivity contribution is 6.01. The summed E-state index contributed by atoms with van der Waals surface area (Å²) in [6, 6.07) is 11.9. The van der Waals surface area contributed by atoms with Crippen LogP contribution in [0.15, 0.2) is 54.6 Å². The Kier molecular flexibility index (Phi) is 3.90. The first kappa shape index (κ1) is 14.3. The molecule has 0 aliphatic rings. The first-order valence-electron chi connectivity index (χ1n) is 5.92. The SMILES string of the molecule is NC(C(=O)c1ccccc1C(F)(F)F)c1ccccc1. The van der Waals surface area contributed by atoms with Crippen LogP contribution in [-0.4, -0.2) is 5.78 Å². The summed E-state index contributed by atoms with van der Waals surface area (Å²) in [6.07, 6.45) is -4.58. The monoisotopic (exact) mass is 279 g/mol. The van der Waals surface area contributed by atoms with E-state index in [1.165, 1.54) is 12.1 Å². The highest BCUT2D eigenvalue weighted by Gasteiger charge is 2.35. The maximum absolute atomic E-state index is 12.9. The van der Waals surface area contributed by atoms with Gasteiger partial charge in [0.1, 0.15) is 0 Å². The molecule has 0 bridgehead atoms. The van der Waals surface area contributed by atoms with E-state index in [2.05, 4.69) is 0 Å². The van der Waals surface area contributed by atoms with E-state index in [4.69, 9.17) is 5.73 Å². The van der Waals surface area contributed by atoms with Crippen LogP contribution in [0.4, 0.5) is 13.2 Å². The van der Waals surface area contributed by atoms with E-state index in [0.717, 1.165) is 12.1 Å². The van der Waals surface area contributed by atoms with Gasteiger partial charge in [-0.05, 0) is 11.6 Å². The number of carbonyl (C=O) groups is 1. The number of carbonyl (C=O) groups excluding carboxylic acids is 1. The van der Waals surface area contributed by atoms with Crippen LogP contribution >= 0.6 is 0 Å². The van der Waals surface area contributed by atoms with Gasteiger partial charge in [-0.15, -0.1) is 0 Å². The predicted octanol–water partition coefficient (Wildman–Crippen LogP) is 3.59. The van der Waals surface area contributed by atoms with Crippen LogP contribution in [-0.2, 0) is 6.18 Å². The molecule has 20 heavy (non-hydrogen) atoms. The van der Waals surface area contributed by atoms with Crippen molar-refractivity contribution in [2.75, 3.05) is 0 Å². The Bertz CT molecular complexity index is 608. The van der Waals surface area contributed by atoms with Gasteiger partial charge in [0.2, 0.25) is 0 Å². The van der Waals surface area contributed by atoms with Gasteiger partial charge in [0.05, 0.1) is 11.6 Å². The summed E-state index contributed by atoms with van der Waals surface area (Å²) in [5.74, 6) is -0.746. The zero-order chi connectivity index (χ0) is 14.8. The predicted molar refractivity (Wildman–Crippen MR) is 69.1 cm³/mol. The van der Waals surface area contributed by atoms with Gasteiger partial charge >= 0.3 is 6.18 Å². The van der Waals surface area contributed by atoms with E-state index in [1.54, 1.807) is 30.3 Å². The Morgan fingerprint density at radius 1 is 0.950 bits per heavy atom. The van der Waals surface area contributed by atoms with Gasteiger partial charge in [-0.1, -0.05) is 48.5 Å². The lowest BCUT2D eigenvalue weighted by Gasteiger charge is -2.15. The van der Waals surface area contributed by atoms with Crippen molar-refractivity contribution in [2.24, 2.45) is 5.73 Å². The second-order valence-electron chi connectivity index (χ2n) is 4.30. The van der Waals surface area contributed by atoms with Crippen molar-refractivity contribution >= 4 is 5.78 Å². The number of Topliss-reactive ketones (excluding diaryl/α,β-unsaturated/α-hetero) is 1. The van der Waals surface area contributed by atoms with Gasteiger partial charge in [-0.3, -0.25) is 4.79 Å². The molecular weight excluding hydrogens is 267 g/mol. The van der Waals surface area contributed by atoms with E-state index in [1.807, 2.05) is 0 Å². The van der Waals surface area contributed by atoms with Crippen molar-refractivity contribution < 1.29 is 18.0 Å². The van der Waals surface area contributed by atoms with Gasteiger partial charge in [0.15, 0.2) is 5.78 Å². The molecule has 0 aliphatic heterocycles. The number of benzene rings is 2. The number of hydrogen-bond acceptors (Lipinski definition) is 2. The summed E-state index contributed by atoms with van der Waals surface area (Å²) in [6.45, 7) is 0. The molecule has 0 saturated heterocycles. The van der Waals surface area contributed by atoms with Gasteiger partial charge in [0, 0.05) is 5.56 Å². The molecule has 0 spiro atoms. The second kappa shape index (κ2) is 5.46. The standard InChI is InChI=1S/C15H12F3NO/c16-15(17,18)12-9-5-4-8-11(12)14(20)13(19)10-6-2-1-3-7-10/h1-9,13H,19H2. The molecular formula is C15H12F3NO. The average molecular weight is 279 g/mol. The third-order valence-corrected chi connectivity index (χ3v) is 2.94. The minimum absolute atomic E-state index is 0.406. The second-order valence-corrected chi connectivity index (χ2v) is 4.30. The Balaban J connectivity index is 2.40. The minimum atomic E-state index is -4.58. The number of alkyl halides is 3. The van der Waals surface area contributed by atoms with Crippen LogP contribution in [0, 0.1) is 0 Å². The van der Waals surface area contributed by atoms with E-state index < -0.39 is 29.1 Å². The molecule has 0 aromatic heterocycles. The fourth-order valence-corrected chi connectivity index (χ4v) is 1.92. The first-order chi connectivity index (χ1) is 9.41. The average Bonchev–Trinajstić information content (AvgIpc) is 2.46. The zero-order valence-corrected chi connectivity index (χ0v) is 10.4. The smallest absolute Gasteiger partial charge is 0.318 e.